The number of rotatable bonds is 3. The van der Waals surface area contributed by atoms with E-state index < -0.39 is 0 Å². The third-order valence-electron chi connectivity index (χ3n) is 3.09. The highest BCUT2D eigenvalue weighted by molar-refractivity contribution is 8.18. The van der Waals surface area contributed by atoms with Gasteiger partial charge in [0.25, 0.3) is 5.91 Å². The monoisotopic (exact) mass is 346 g/mol. The van der Waals surface area contributed by atoms with E-state index in [4.69, 9.17) is 10.5 Å². The van der Waals surface area contributed by atoms with Gasteiger partial charge in [-0.15, -0.1) is 0 Å². The van der Waals surface area contributed by atoms with Gasteiger partial charge < -0.3 is 15.8 Å². The minimum absolute atomic E-state index is 0.174. The second-order valence-electron chi connectivity index (χ2n) is 4.74. The molecule has 118 valence electrons. The number of hydrogen-bond acceptors (Lipinski definition) is 7. The number of ether oxygens (including phenoxy) is 1. The zero-order chi connectivity index (χ0) is 16.4. The Kier molecular flexibility index (Phi) is 4.35. The molecule has 0 bridgehead atoms. The van der Waals surface area contributed by atoms with E-state index >= 15 is 0 Å². The first-order valence-electron chi connectivity index (χ1n) is 6.70. The van der Waals surface area contributed by atoms with Crippen LogP contribution >= 0.6 is 23.1 Å². The maximum absolute atomic E-state index is 12.0. The number of nitrogen functional groups attached to an aromatic ring is 1. The van der Waals surface area contributed by atoms with Crippen molar-refractivity contribution >= 4 is 51.1 Å². The van der Waals surface area contributed by atoms with Gasteiger partial charge in [-0.2, -0.15) is 0 Å². The second kappa shape index (κ2) is 6.43. The number of aliphatic imine (C=N–C) groups is 1. The number of nitrogens with one attached hydrogen (secondary N) is 1. The summed E-state index contributed by atoms with van der Waals surface area (Å²) in [7, 11) is 1.62. The normalized spacial score (nSPS) is 17.7. The van der Waals surface area contributed by atoms with Gasteiger partial charge in [0, 0.05) is 6.20 Å². The van der Waals surface area contributed by atoms with E-state index in [9.17, 15) is 4.79 Å². The number of benzene rings is 1. The molecule has 0 saturated carbocycles. The van der Waals surface area contributed by atoms with E-state index in [1.54, 1.807) is 19.4 Å². The van der Waals surface area contributed by atoms with Crippen LogP contribution in [0.1, 0.15) is 10.4 Å². The van der Waals surface area contributed by atoms with Gasteiger partial charge in [-0.25, -0.2) is 9.98 Å². The maximum Gasteiger partial charge on any atom is 0.264 e. The van der Waals surface area contributed by atoms with Gasteiger partial charge in [0.15, 0.2) is 10.3 Å². The van der Waals surface area contributed by atoms with Crippen LogP contribution in [0, 0.1) is 6.92 Å². The van der Waals surface area contributed by atoms with Crippen molar-refractivity contribution in [2.45, 2.75) is 6.92 Å². The first-order chi connectivity index (χ1) is 11.0. The van der Waals surface area contributed by atoms with Gasteiger partial charge in [0.2, 0.25) is 0 Å². The van der Waals surface area contributed by atoms with E-state index in [0.29, 0.717) is 15.2 Å². The van der Waals surface area contributed by atoms with Gasteiger partial charge >= 0.3 is 0 Å². The van der Waals surface area contributed by atoms with Crippen molar-refractivity contribution in [1.29, 1.82) is 0 Å². The molecule has 1 aromatic heterocycles. The van der Waals surface area contributed by atoms with E-state index in [1.165, 1.54) is 23.1 Å². The summed E-state index contributed by atoms with van der Waals surface area (Å²) < 4.78 is 5.17. The third-order valence-corrected chi connectivity index (χ3v) is 4.78. The Balaban J connectivity index is 1.83. The number of anilines is 1. The van der Waals surface area contributed by atoms with Crippen molar-refractivity contribution in [3.05, 3.63) is 39.7 Å². The largest absolute Gasteiger partial charge is 0.497 e. The molecular formula is C15H14N4O2S2. The molecule has 23 heavy (non-hydrogen) atoms. The second-order valence-corrected chi connectivity index (χ2v) is 6.86. The Hall–Kier alpha value is -2.32. The molecule has 1 saturated heterocycles. The number of thiazole rings is 1. The smallest absolute Gasteiger partial charge is 0.264 e. The van der Waals surface area contributed by atoms with Crippen LogP contribution in [0.4, 0.5) is 10.8 Å². The molecule has 8 heteroatoms. The summed E-state index contributed by atoms with van der Waals surface area (Å²) >= 11 is 2.63. The predicted molar refractivity (Wildman–Crippen MR) is 95.1 cm³/mol. The van der Waals surface area contributed by atoms with Gasteiger partial charge in [-0.3, -0.25) is 4.79 Å². The van der Waals surface area contributed by atoms with Gasteiger partial charge in [0.1, 0.15) is 5.75 Å². The third kappa shape index (κ3) is 3.54. The number of carbonyl (C=O) groups is 1. The standard InChI is InChI=1S/C15H14N4O2S2/c1-8-5-9(21-2)3-4-11(8)18-15-19-13(20)12(23-15)6-10-7-17-14(16)22-10/h3-7H,1-2H3,(H2,16,17)(H,18,19,20)/b12-6-. The van der Waals surface area contributed by atoms with Gasteiger partial charge in [-0.1, -0.05) is 11.3 Å². The van der Waals surface area contributed by atoms with E-state index in [1.807, 2.05) is 25.1 Å². The van der Waals surface area contributed by atoms with Gasteiger partial charge in [-0.05, 0) is 48.5 Å². The topological polar surface area (TPSA) is 89.6 Å². The number of methoxy groups -OCH3 is 1. The highest BCUT2D eigenvalue weighted by Gasteiger charge is 2.24. The lowest BCUT2D eigenvalue weighted by Gasteiger charge is -2.04. The zero-order valence-corrected chi connectivity index (χ0v) is 14.1. The van der Waals surface area contributed by atoms with Crippen LogP contribution < -0.4 is 15.8 Å². The summed E-state index contributed by atoms with van der Waals surface area (Å²) in [6.45, 7) is 1.94. The number of nitrogens with two attached hydrogens (primary N) is 1. The molecular weight excluding hydrogens is 332 g/mol. The summed E-state index contributed by atoms with van der Waals surface area (Å²) in [6, 6.07) is 5.60. The first-order valence-corrected chi connectivity index (χ1v) is 8.34. The number of nitrogens with zero attached hydrogens (tertiary/aromatic N) is 2. The number of carbonyl (C=O) groups excluding carboxylic acids is 1. The lowest BCUT2D eigenvalue weighted by atomic mass is 10.2. The van der Waals surface area contributed by atoms with Crippen LogP contribution in [0.3, 0.4) is 0 Å². The minimum atomic E-state index is -0.174. The van der Waals surface area contributed by atoms with Crippen molar-refractivity contribution < 1.29 is 9.53 Å². The molecule has 6 nitrogen and oxygen atoms in total. The van der Waals surface area contributed by atoms with E-state index in [2.05, 4.69) is 15.3 Å². The minimum Gasteiger partial charge on any atom is -0.497 e. The Morgan fingerprint density at radius 1 is 1.43 bits per heavy atom. The molecule has 0 unspecified atom stereocenters. The molecule has 0 spiro atoms. The molecule has 3 N–H and O–H groups in total. The zero-order valence-electron chi connectivity index (χ0n) is 12.5. The molecule has 0 atom stereocenters. The summed E-state index contributed by atoms with van der Waals surface area (Å²) in [5.74, 6) is 0.602. The molecule has 0 aliphatic carbocycles. The molecule has 2 heterocycles. The van der Waals surface area contributed by atoms with Crippen molar-refractivity contribution in [3.8, 4) is 5.75 Å². The Labute approximate surface area is 141 Å². The molecule has 1 aliphatic rings. The van der Waals surface area contributed by atoms with Crippen molar-refractivity contribution in [2.75, 3.05) is 12.8 Å². The number of aryl methyl sites for hydroxylation is 1. The van der Waals surface area contributed by atoms with Crippen molar-refractivity contribution in [3.63, 3.8) is 0 Å². The molecule has 1 amide bonds. The number of hydrogen-bond donors (Lipinski definition) is 2. The lowest BCUT2D eigenvalue weighted by Crippen LogP contribution is -2.19. The fourth-order valence-corrected chi connectivity index (χ4v) is 3.50. The average molecular weight is 346 g/mol. The Morgan fingerprint density at radius 2 is 2.26 bits per heavy atom. The van der Waals surface area contributed by atoms with E-state index in [-0.39, 0.29) is 5.91 Å². The Bertz CT molecular complexity index is 827. The van der Waals surface area contributed by atoms with Crippen LogP contribution in [0.5, 0.6) is 5.75 Å². The van der Waals surface area contributed by atoms with Gasteiger partial charge in [0.05, 0.1) is 22.6 Å². The summed E-state index contributed by atoms with van der Waals surface area (Å²) in [5.41, 5.74) is 7.35. The SMILES string of the molecule is COc1ccc(/N=C2/NC(=O)/C(=C/c3cnc(N)s3)S2)c(C)c1. The van der Waals surface area contributed by atoms with Crippen molar-refractivity contribution in [1.82, 2.24) is 10.3 Å². The highest BCUT2D eigenvalue weighted by Crippen LogP contribution is 2.31. The molecule has 3 rings (SSSR count). The summed E-state index contributed by atoms with van der Waals surface area (Å²) in [5, 5.41) is 3.79. The van der Waals surface area contributed by atoms with Crippen molar-refractivity contribution in [2.24, 2.45) is 4.99 Å². The van der Waals surface area contributed by atoms with Crippen LogP contribution in [0.15, 0.2) is 34.3 Å². The van der Waals surface area contributed by atoms with Crippen LogP contribution in [-0.4, -0.2) is 23.2 Å². The summed E-state index contributed by atoms with van der Waals surface area (Å²) in [4.78, 5) is 21.9. The highest BCUT2D eigenvalue weighted by atomic mass is 32.2. The number of amidine groups is 1. The first kappa shape index (κ1) is 15.6. The molecule has 2 aromatic rings. The molecule has 1 aromatic carbocycles. The molecule has 0 radical (unpaired) electrons. The fourth-order valence-electron chi connectivity index (χ4n) is 1.97. The van der Waals surface area contributed by atoms with Crippen LogP contribution in [0.2, 0.25) is 0 Å². The quantitative estimate of drug-likeness (QED) is 0.834. The average Bonchev–Trinajstić information content (AvgIpc) is 3.08. The van der Waals surface area contributed by atoms with E-state index in [0.717, 1.165) is 21.9 Å². The fraction of sp³-hybridized carbons (Fsp3) is 0.133. The number of thioether (sulfide) groups is 1. The molecule has 1 fully saturated rings. The Morgan fingerprint density at radius 3 is 2.91 bits per heavy atom. The molecule has 1 aliphatic heterocycles. The maximum atomic E-state index is 12.0. The van der Waals surface area contributed by atoms with Crippen LogP contribution in [0.25, 0.3) is 6.08 Å². The number of amides is 1. The lowest BCUT2D eigenvalue weighted by molar-refractivity contribution is -0.115. The summed E-state index contributed by atoms with van der Waals surface area (Å²) in [6.07, 6.45) is 3.40. The number of aromatic nitrogens is 1. The van der Waals surface area contributed by atoms with Crippen LogP contribution in [-0.2, 0) is 4.79 Å². The predicted octanol–water partition coefficient (Wildman–Crippen LogP) is 2.93.